The Bertz CT molecular complexity index is 1300. The fourth-order valence-electron chi connectivity index (χ4n) is 5.97. The van der Waals surface area contributed by atoms with E-state index >= 15 is 0 Å². The van der Waals surface area contributed by atoms with Crippen molar-refractivity contribution >= 4 is 11.8 Å². The van der Waals surface area contributed by atoms with Gasteiger partial charge in [0, 0.05) is 6.54 Å². The van der Waals surface area contributed by atoms with Crippen LogP contribution in [0.3, 0.4) is 0 Å². The molecule has 1 atom stereocenters. The second kappa shape index (κ2) is 13.1. The number of alkyl halides is 3. The van der Waals surface area contributed by atoms with Gasteiger partial charge < -0.3 is 14.5 Å². The molecule has 222 valence electrons. The van der Waals surface area contributed by atoms with Gasteiger partial charge in [0.1, 0.15) is 5.84 Å². The third kappa shape index (κ3) is 7.15. The number of rotatable bonds is 9. The number of nitrogens with zero attached hydrogens (tertiary/aromatic N) is 3. The van der Waals surface area contributed by atoms with Crippen LogP contribution in [-0.2, 0) is 15.7 Å². The maximum atomic E-state index is 14.2. The number of methoxy groups -OCH3 is 1. The number of halogens is 5. The van der Waals surface area contributed by atoms with E-state index in [0.29, 0.717) is 47.6 Å². The number of ether oxygens (including phenoxy) is 1. The molecular formula is C31H36F5N3O2. The summed E-state index contributed by atoms with van der Waals surface area (Å²) >= 11 is 0. The summed E-state index contributed by atoms with van der Waals surface area (Å²) in [6.45, 7) is 6.41. The van der Waals surface area contributed by atoms with Crippen LogP contribution in [0, 0.1) is 11.6 Å². The van der Waals surface area contributed by atoms with E-state index < -0.39 is 35.4 Å². The van der Waals surface area contributed by atoms with Crippen LogP contribution in [0.15, 0.2) is 58.7 Å². The van der Waals surface area contributed by atoms with Gasteiger partial charge in [-0.3, -0.25) is 0 Å². The second-order valence-corrected chi connectivity index (χ2v) is 10.7. The van der Waals surface area contributed by atoms with E-state index in [0.717, 1.165) is 51.0 Å². The van der Waals surface area contributed by atoms with E-state index in [9.17, 15) is 26.7 Å². The number of carbonyl (C=O) groups is 1. The molecule has 0 bridgehead atoms. The van der Waals surface area contributed by atoms with Crippen LogP contribution in [0.25, 0.3) is 0 Å². The Hall–Kier alpha value is -3.27. The fraction of sp³-hybridized carbons (Fsp3) is 0.484. The van der Waals surface area contributed by atoms with Gasteiger partial charge in [-0.15, -0.1) is 0 Å². The number of amidine groups is 1. The number of esters is 1. The number of carbonyl (C=O) groups excluding carboxylic acids is 1. The predicted molar refractivity (Wildman–Crippen MR) is 147 cm³/mol. The second-order valence-electron chi connectivity index (χ2n) is 10.7. The molecule has 41 heavy (non-hydrogen) atoms. The van der Waals surface area contributed by atoms with Gasteiger partial charge in [0.25, 0.3) is 0 Å². The first-order chi connectivity index (χ1) is 19.5. The number of likely N-dealkylation sites (tertiary alicyclic amines) is 1. The maximum Gasteiger partial charge on any atom is 0.416 e. The number of hydrogen-bond acceptors (Lipinski definition) is 5. The number of hydrogen-bond donors (Lipinski definition) is 0. The van der Waals surface area contributed by atoms with Crippen LogP contribution < -0.4 is 0 Å². The quantitative estimate of drug-likeness (QED) is 0.179. The van der Waals surface area contributed by atoms with Gasteiger partial charge in [0.15, 0.2) is 11.6 Å². The Kier molecular flexibility index (Phi) is 9.84. The smallest absolute Gasteiger partial charge is 0.416 e. The Labute approximate surface area is 237 Å². The first-order valence-electron chi connectivity index (χ1n) is 14.0. The number of piperidine rings is 1. The van der Waals surface area contributed by atoms with Crippen molar-refractivity contribution in [2.75, 3.05) is 33.3 Å². The zero-order valence-corrected chi connectivity index (χ0v) is 23.6. The molecule has 10 heteroatoms. The number of allylic oxidation sites excluding steroid dienone is 1. The highest BCUT2D eigenvalue weighted by molar-refractivity contribution is 5.95. The molecule has 0 spiro atoms. The summed E-state index contributed by atoms with van der Waals surface area (Å²) in [5, 5.41) is 0. The van der Waals surface area contributed by atoms with Crippen molar-refractivity contribution in [3.8, 4) is 0 Å². The monoisotopic (exact) mass is 577 g/mol. The Morgan fingerprint density at radius 2 is 1.66 bits per heavy atom. The van der Waals surface area contributed by atoms with Crippen LogP contribution in [0.2, 0.25) is 0 Å². The fourth-order valence-corrected chi connectivity index (χ4v) is 5.97. The van der Waals surface area contributed by atoms with Crippen molar-refractivity contribution < 1.29 is 31.5 Å². The molecule has 1 fully saturated rings. The lowest BCUT2D eigenvalue weighted by Gasteiger charge is -2.38. The highest BCUT2D eigenvalue weighted by Gasteiger charge is 2.36. The Morgan fingerprint density at radius 1 is 0.976 bits per heavy atom. The van der Waals surface area contributed by atoms with Crippen LogP contribution in [0.5, 0.6) is 0 Å². The molecule has 2 aromatic rings. The minimum atomic E-state index is -4.35. The van der Waals surface area contributed by atoms with E-state index in [4.69, 9.17) is 4.74 Å². The van der Waals surface area contributed by atoms with Crippen LogP contribution in [0.1, 0.15) is 74.6 Å². The zero-order valence-electron chi connectivity index (χ0n) is 23.6. The molecule has 2 aromatic carbocycles. The van der Waals surface area contributed by atoms with Gasteiger partial charge in [-0.05, 0) is 94.4 Å². The van der Waals surface area contributed by atoms with Crippen molar-refractivity contribution in [3.63, 3.8) is 0 Å². The Balaban J connectivity index is 1.33. The highest BCUT2D eigenvalue weighted by Crippen LogP contribution is 2.39. The summed E-state index contributed by atoms with van der Waals surface area (Å²) < 4.78 is 73.2. The zero-order chi connectivity index (χ0) is 29.7. The maximum absolute atomic E-state index is 14.2. The normalized spacial score (nSPS) is 19.0. The first kappa shape index (κ1) is 30.7. The average molecular weight is 578 g/mol. The average Bonchev–Trinajstić information content (AvgIpc) is 2.94. The summed E-state index contributed by atoms with van der Waals surface area (Å²) in [6.07, 6.45) is -0.413. The van der Waals surface area contributed by atoms with Gasteiger partial charge in [0.05, 0.1) is 30.0 Å². The molecule has 2 heterocycles. The first-order valence-corrected chi connectivity index (χ1v) is 14.0. The predicted octanol–water partition coefficient (Wildman–Crippen LogP) is 7.26. The summed E-state index contributed by atoms with van der Waals surface area (Å²) in [4.78, 5) is 21.4. The molecule has 0 aliphatic carbocycles. The third-order valence-electron chi connectivity index (χ3n) is 8.05. The van der Waals surface area contributed by atoms with Crippen LogP contribution in [0.4, 0.5) is 22.0 Å². The topological polar surface area (TPSA) is 45.1 Å². The van der Waals surface area contributed by atoms with Gasteiger partial charge in [-0.2, -0.15) is 13.2 Å². The van der Waals surface area contributed by atoms with Crippen LogP contribution in [-0.4, -0.2) is 54.9 Å². The van der Waals surface area contributed by atoms with E-state index in [1.807, 2.05) is 11.8 Å². The van der Waals surface area contributed by atoms with E-state index in [2.05, 4.69) is 9.89 Å². The molecule has 5 nitrogen and oxygen atoms in total. The molecular weight excluding hydrogens is 541 g/mol. The van der Waals surface area contributed by atoms with Crippen molar-refractivity contribution in [3.05, 3.63) is 82.1 Å². The molecule has 1 saturated heterocycles. The Morgan fingerprint density at radius 3 is 2.32 bits per heavy atom. The van der Waals surface area contributed by atoms with Crippen molar-refractivity contribution in [1.29, 1.82) is 0 Å². The number of unbranched alkanes of at least 4 members (excludes halogenated alkanes) is 2. The largest absolute Gasteiger partial charge is 0.466 e. The molecule has 2 aliphatic heterocycles. The lowest BCUT2D eigenvalue weighted by molar-refractivity contribution is -0.138. The van der Waals surface area contributed by atoms with E-state index in [1.165, 1.54) is 25.3 Å². The van der Waals surface area contributed by atoms with Crippen LogP contribution >= 0.6 is 0 Å². The molecule has 0 saturated carbocycles. The number of aliphatic imine (C=N–C) groups is 1. The minimum absolute atomic E-state index is 0.0980. The molecule has 0 radical (unpaired) electrons. The summed E-state index contributed by atoms with van der Waals surface area (Å²) in [7, 11) is 1.28. The molecule has 0 aromatic heterocycles. The van der Waals surface area contributed by atoms with E-state index in [-0.39, 0.29) is 5.92 Å². The third-order valence-corrected chi connectivity index (χ3v) is 8.05. The van der Waals surface area contributed by atoms with Gasteiger partial charge in [0.2, 0.25) is 0 Å². The highest BCUT2D eigenvalue weighted by atomic mass is 19.4. The van der Waals surface area contributed by atoms with Crippen molar-refractivity contribution in [2.45, 2.75) is 64.1 Å². The summed E-state index contributed by atoms with van der Waals surface area (Å²) in [6, 6.07) is 8.86. The molecule has 1 unspecified atom stereocenters. The molecule has 0 N–H and O–H groups in total. The van der Waals surface area contributed by atoms with Gasteiger partial charge >= 0.3 is 12.1 Å². The summed E-state index contributed by atoms with van der Waals surface area (Å²) in [5.74, 6) is -1.95. The summed E-state index contributed by atoms with van der Waals surface area (Å²) in [5.41, 5.74) is 1.06. The number of benzene rings is 2. The lowest BCUT2D eigenvalue weighted by Crippen LogP contribution is -2.40. The minimum Gasteiger partial charge on any atom is -0.466 e. The van der Waals surface area contributed by atoms with Gasteiger partial charge in [-0.1, -0.05) is 30.7 Å². The molecule has 4 rings (SSSR count). The van der Waals surface area contributed by atoms with Gasteiger partial charge in [-0.25, -0.2) is 18.6 Å². The molecule has 2 aliphatic rings. The van der Waals surface area contributed by atoms with E-state index in [1.54, 1.807) is 19.1 Å². The molecule has 0 amide bonds. The van der Waals surface area contributed by atoms with Crippen molar-refractivity contribution in [2.24, 2.45) is 4.99 Å². The van der Waals surface area contributed by atoms with Crippen molar-refractivity contribution in [1.82, 2.24) is 9.80 Å². The standard InChI is InChI=1S/C31H36F5N3O2/c1-20-28(30(40)41-3)29(23-11-12-26(32)27(33)19-23)39(21(2)37-20)16-8-4-7-15-38-17-13-22(14-18-38)24-9-5-6-10-25(24)31(34,35)36/h5-6,9-12,19,22,29H,4,7-8,13-18H2,1-3H3. The lowest BCUT2D eigenvalue weighted by atomic mass is 9.86. The SMILES string of the molecule is COC(=O)C1=C(C)N=C(C)N(CCCCCN2CCC(c3ccccc3C(F)(F)F)CC2)C1c1ccc(F)c(F)c1.